The summed E-state index contributed by atoms with van der Waals surface area (Å²) in [4.78, 5) is 66.4. The van der Waals surface area contributed by atoms with Crippen LogP contribution in [0.3, 0.4) is 0 Å². The van der Waals surface area contributed by atoms with Gasteiger partial charge in [-0.1, -0.05) is 25.7 Å². The van der Waals surface area contributed by atoms with E-state index in [9.17, 15) is 34.2 Å². The highest BCUT2D eigenvalue weighted by Gasteiger charge is 2.66. The lowest BCUT2D eigenvalue weighted by atomic mass is 9.53. The summed E-state index contributed by atoms with van der Waals surface area (Å²) < 4.78 is 0. The third-order valence-corrected chi connectivity index (χ3v) is 7.59. The van der Waals surface area contributed by atoms with E-state index >= 15 is 0 Å². The molecule has 190 valence electrons. The number of carbonyl (C=O) groups is 5. The molecule has 0 radical (unpaired) electrons. The number of primary amides is 1. The molecule has 9 nitrogen and oxygen atoms in total. The summed E-state index contributed by atoms with van der Waals surface area (Å²) in [5.74, 6) is -4.02. The van der Waals surface area contributed by atoms with Gasteiger partial charge in [0.05, 0.1) is 17.0 Å². The number of nitrogens with zero attached hydrogens (tertiary/aromatic N) is 1. The first-order valence-corrected chi connectivity index (χ1v) is 12.0. The maximum Gasteiger partial charge on any atom is 0.235 e. The summed E-state index contributed by atoms with van der Waals surface area (Å²) in [6, 6.07) is 1.71. The molecule has 9 heteroatoms. The monoisotopic (exact) mass is 494 g/mol. The predicted octanol–water partition coefficient (Wildman–Crippen LogP) is 0.790. The Morgan fingerprint density at radius 3 is 2.44 bits per heavy atom. The number of aliphatic hydroxyl groups is 1. The molecule has 1 amide bonds. The van der Waals surface area contributed by atoms with Crippen LogP contribution >= 0.6 is 0 Å². The summed E-state index contributed by atoms with van der Waals surface area (Å²) in [7, 11) is 3.59. The van der Waals surface area contributed by atoms with E-state index in [4.69, 9.17) is 5.73 Å². The van der Waals surface area contributed by atoms with Gasteiger partial charge in [-0.25, -0.2) is 0 Å². The smallest absolute Gasteiger partial charge is 0.235 e. The third-order valence-electron chi connectivity index (χ3n) is 7.59. The zero-order valence-electron chi connectivity index (χ0n) is 20.8. The topological polar surface area (TPSA) is 155 Å². The molecule has 2 unspecified atom stereocenters. The number of benzene rings is 1. The van der Waals surface area contributed by atoms with Gasteiger partial charge in [0.25, 0.3) is 0 Å². The number of phenolic OH excluding ortho intramolecular Hbond substituents is 1. The van der Waals surface area contributed by atoms with Gasteiger partial charge in [-0.2, -0.15) is 0 Å². The van der Waals surface area contributed by atoms with Gasteiger partial charge in [-0.3, -0.25) is 24.0 Å². The number of ketones is 4. The number of hydrogen-bond acceptors (Lipinski definition) is 8. The van der Waals surface area contributed by atoms with Crippen LogP contribution in [0.1, 0.15) is 54.6 Å². The van der Waals surface area contributed by atoms with Crippen LogP contribution < -0.4 is 10.6 Å². The normalized spacial score (nSPS) is 29.2. The van der Waals surface area contributed by atoms with Gasteiger partial charge in [0.2, 0.25) is 5.91 Å². The number of carbonyl (C=O) groups excluding carboxylic acids is 5. The maximum absolute atomic E-state index is 13.8. The lowest BCUT2D eigenvalue weighted by Crippen LogP contribution is -2.68. The molecule has 4 N–H and O–H groups in total. The van der Waals surface area contributed by atoms with Crippen molar-refractivity contribution in [3.63, 3.8) is 0 Å². The Labute approximate surface area is 209 Å². The van der Waals surface area contributed by atoms with Crippen LogP contribution in [0.25, 0.3) is 0 Å². The van der Waals surface area contributed by atoms with Crippen molar-refractivity contribution < 1.29 is 34.2 Å². The minimum atomic E-state index is -2.66. The number of aromatic hydroxyl groups is 1. The Kier molecular flexibility index (Phi) is 6.29. The van der Waals surface area contributed by atoms with Crippen molar-refractivity contribution in [1.82, 2.24) is 0 Å². The number of Topliss-reactive ketones (excluding diaryl/α,β-unsaturated/α-hetero) is 4. The van der Waals surface area contributed by atoms with E-state index < -0.39 is 58.3 Å². The average Bonchev–Trinajstić information content (AvgIpc) is 2.77. The van der Waals surface area contributed by atoms with Gasteiger partial charge in [0, 0.05) is 38.5 Å². The number of phenols is 1. The van der Waals surface area contributed by atoms with Crippen LogP contribution in [0.5, 0.6) is 5.75 Å². The van der Waals surface area contributed by atoms with Crippen molar-refractivity contribution in [2.75, 3.05) is 19.0 Å². The number of nitrogens with two attached hydrogens (primary N) is 1. The van der Waals surface area contributed by atoms with Crippen molar-refractivity contribution in [1.29, 1.82) is 0 Å². The van der Waals surface area contributed by atoms with Gasteiger partial charge < -0.3 is 20.8 Å². The van der Waals surface area contributed by atoms with Gasteiger partial charge in [0.15, 0.2) is 34.7 Å². The Morgan fingerprint density at radius 2 is 1.86 bits per heavy atom. The molecule has 5 atom stereocenters. The Hall–Kier alpha value is -3.51. The molecular formula is C27H30N2O7. The number of rotatable bonds is 3. The standard InChI is InChI=1S/C27H30N2O7/c1-12(2)6-5-7-13-10-17(29(3)4)16-9-14-8-15-11-18(30)21(26(28)35)25(34)27(15,36)24(33)19(14)23(32)20(16)22(13)31/h10,12,14-15,19,21,31,36H,6,8-9,11H2,1-4H3,(H2,28,35)/t14-,15+,19?,21?,27+/m1/s1. The SMILES string of the molecule is CC(C)CC#Cc1cc(N(C)C)c2c(c1O)C(=O)C1C(=O)[C@]3(O)C(=O)C(C(N)=O)C(=O)C[C@@H]3C[C@@H]1C2. The van der Waals surface area contributed by atoms with Crippen LogP contribution in [0.2, 0.25) is 0 Å². The fourth-order valence-electron chi connectivity index (χ4n) is 5.86. The molecule has 3 aliphatic rings. The van der Waals surface area contributed by atoms with Crippen molar-refractivity contribution >= 4 is 34.7 Å². The van der Waals surface area contributed by atoms with Crippen LogP contribution in [0.4, 0.5) is 5.69 Å². The van der Waals surface area contributed by atoms with E-state index in [1.807, 2.05) is 13.8 Å². The molecule has 2 fully saturated rings. The molecule has 2 saturated carbocycles. The number of amides is 1. The second-order valence-electron chi connectivity index (χ2n) is 10.7. The molecule has 3 aliphatic carbocycles. The van der Waals surface area contributed by atoms with Crippen LogP contribution in [0, 0.1) is 41.4 Å². The van der Waals surface area contributed by atoms with Crippen LogP contribution in [-0.2, 0) is 25.6 Å². The van der Waals surface area contributed by atoms with Crippen LogP contribution in [0.15, 0.2) is 6.07 Å². The van der Waals surface area contributed by atoms with E-state index in [0.717, 1.165) is 0 Å². The number of hydrogen-bond donors (Lipinski definition) is 3. The molecule has 0 bridgehead atoms. The minimum absolute atomic E-state index is 0.0440. The summed E-state index contributed by atoms with van der Waals surface area (Å²) in [6.45, 7) is 4.01. The first kappa shape index (κ1) is 25.6. The molecule has 1 aromatic carbocycles. The highest BCUT2D eigenvalue weighted by Crippen LogP contribution is 2.51. The van der Waals surface area contributed by atoms with Crippen molar-refractivity contribution in [3.05, 3.63) is 22.8 Å². The Balaban J connectivity index is 1.83. The van der Waals surface area contributed by atoms with E-state index in [1.54, 1.807) is 25.1 Å². The van der Waals surface area contributed by atoms with Gasteiger partial charge >= 0.3 is 0 Å². The van der Waals surface area contributed by atoms with E-state index in [1.165, 1.54) is 0 Å². The van der Waals surface area contributed by atoms with E-state index in [0.29, 0.717) is 23.6 Å². The summed E-state index contributed by atoms with van der Waals surface area (Å²) in [6.07, 6.45) is 0.514. The van der Waals surface area contributed by atoms with Gasteiger partial charge in [-0.05, 0) is 36.3 Å². The molecular weight excluding hydrogens is 464 g/mol. The van der Waals surface area contributed by atoms with Crippen molar-refractivity contribution in [2.45, 2.75) is 45.1 Å². The molecule has 0 saturated heterocycles. The second-order valence-corrected chi connectivity index (χ2v) is 10.7. The average molecular weight is 495 g/mol. The zero-order chi connectivity index (χ0) is 26.7. The number of fused-ring (bicyclic) bond motifs is 3. The molecule has 1 aromatic rings. The third kappa shape index (κ3) is 3.71. The quantitative estimate of drug-likeness (QED) is 0.411. The van der Waals surface area contributed by atoms with Gasteiger partial charge in [0.1, 0.15) is 5.75 Å². The van der Waals surface area contributed by atoms with Crippen LogP contribution in [-0.4, -0.2) is 58.9 Å². The zero-order valence-corrected chi connectivity index (χ0v) is 20.8. The fourth-order valence-corrected chi connectivity index (χ4v) is 5.86. The largest absolute Gasteiger partial charge is 0.506 e. The molecule has 0 aromatic heterocycles. The predicted molar refractivity (Wildman–Crippen MR) is 129 cm³/mol. The van der Waals surface area contributed by atoms with Crippen molar-refractivity contribution in [3.8, 4) is 17.6 Å². The van der Waals surface area contributed by atoms with Crippen molar-refractivity contribution in [2.24, 2.45) is 35.3 Å². The van der Waals surface area contributed by atoms with Gasteiger partial charge in [-0.15, -0.1) is 0 Å². The Morgan fingerprint density at radius 1 is 1.19 bits per heavy atom. The summed E-state index contributed by atoms with van der Waals surface area (Å²) in [5.41, 5.74) is 3.99. The lowest BCUT2D eigenvalue weighted by Gasteiger charge is -2.48. The highest BCUT2D eigenvalue weighted by atomic mass is 16.3. The summed E-state index contributed by atoms with van der Waals surface area (Å²) in [5, 5.41) is 22.4. The number of anilines is 1. The first-order valence-electron chi connectivity index (χ1n) is 12.0. The Bertz CT molecular complexity index is 1270. The minimum Gasteiger partial charge on any atom is -0.506 e. The first-order chi connectivity index (χ1) is 16.8. The molecule has 0 spiro atoms. The maximum atomic E-state index is 13.8. The molecule has 4 rings (SSSR count). The highest BCUT2D eigenvalue weighted by molar-refractivity contribution is 6.31. The molecule has 0 heterocycles. The molecule has 0 aliphatic heterocycles. The van der Waals surface area contributed by atoms with E-state index in [-0.39, 0.29) is 36.1 Å². The summed E-state index contributed by atoms with van der Waals surface area (Å²) >= 11 is 0. The lowest BCUT2D eigenvalue weighted by molar-refractivity contribution is -0.175. The second kappa shape index (κ2) is 8.86. The van der Waals surface area contributed by atoms with E-state index in [2.05, 4.69) is 11.8 Å². The molecule has 36 heavy (non-hydrogen) atoms. The fraction of sp³-hybridized carbons (Fsp3) is 0.519.